The Labute approximate surface area is 177 Å². The monoisotopic (exact) mass is 425 g/mol. The van der Waals surface area contributed by atoms with E-state index < -0.39 is 11.9 Å². The predicted molar refractivity (Wildman–Crippen MR) is 114 cm³/mol. The molecule has 0 bridgehead atoms. The van der Waals surface area contributed by atoms with Crippen LogP contribution in [0.1, 0.15) is 41.5 Å². The van der Waals surface area contributed by atoms with Crippen LogP contribution in [0.25, 0.3) is 11.2 Å². The summed E-state index contributed by atoms with van der Waals surface area (Å²) in [6, 6.07) is 5.32. The molecule has 1 aliphatic carbocycles. The van der Waals surface area contributed by atoms with Crippen LogP contribution in [-0.2, 0) is 13.0 Å². The van der Waals surface area contributed by atoms with Crippen molar-refractivity contribution in [3.05, 3.63) is 57.6 Å². The lowest BCUT2D eigenvalue weighted by Crippen LogP contribution is -2.47. The highest BCUT2D eigenvalue weighted by atomic mass is 19.1. The van der Waals surface area contributed by atoms with E-state index in [0.717, 1.165) is 18.4 Å². The summed E-state index contributed by atoms with van der Waals surface area (Å²) in [6.45, 7) is 2.49. The molecule has 0 unspecified atom stereocenters. The Morgan fingerprint density at radius 1 is 1.26 bits per heavy atom. The Morgan fingerprint density at radius 2 is 2.06 bits per heavy atom. The number of nitrogens with zero attached hydrogens (tertiary/aromatic N) is 3. The van der Waals surface area contributed by atoms with Gasteiger partial charge in [0, 0.05) is 31.9 Å². The van der Waals surface area contributed by atoms with Crippen LogP contribution in [0.2, 0.25) is 0 Å². The van der Waals surface area contributed by atoms with Crippen LogP contribution in [0.4, 0.5) is 10.1 Å². The molecule has 0 saturated heterocycles. The Hall–Kier alpha value is -3.40. The van der Waals surface area contributed by atoms with Crippen molar-refractivity contribution in [1.82, 2.24) is 30.6 Å². The number of hydrogen-bond acceptors (Lipinski definition) is 7. The van der Waals surface area contributed by atoms with Crippen LogP contribution < -0.4 is 21.5 Å². The highest BCUT2D eigenvalue weighted by Gasteiger charge is 2.29. The van der Waals surface area contributed by atoms with Crippen molar-refractivity contribution in [2.24, 2.45) is 0 Å². The molecule has 0 radical (unpaired) electrons. The van der Waals surface area contributed by atoms with Crippen molar-refractivity contribution in [2.75, 3.05) is 12.4 Å². The third-order valence-corrected chi connectivity index (χ3v) is 5.41. The quantitative estimate of drug-likeness (QED) is 0.423. The summed E-state index contributed by atoms with van der Waals surface area (Å²) in [5.74, 6) is -1.11. The standard InChI is InChI=1S/C21H24FN7O2/c1-3-14-21(31)29-17-6-11(10-25-19(17)28-14)9-24-12-7-13(8-12)26-15-4-5-16(20(30)23-2)27-18(15)22/h4-6,10,12-13,24,26H,3,7-9H2,1-2H3,(H,23,30)(H,29,31). The Morgan fingerprint density at radius 3 is 2.77 bits per heavy atom. The van der Waals surface area contributed by atoms with E-state index in [1.54, 1.807) is 6.20 Å². The summed E-state index contributed by atoms with van der Waals surface area (Å²) < 4.78 is 14.1. The molecule has 0 atom stereocenters. The van der Waals surface area contributed by atoms with E-state index in [-0.39, 0.29) is 29.0 Å². The van der Waals surface area contributed by atoms with Gasteiger partial charge in [-0.15, -0.1) is 0 Å². The number of halogens is 1. The molecule has 162 valence electrons. The Bertz CT molecular complexity index is 1170. The second kappa shape index (κ2) is 8.76. The number of carbonyl (C=O) groups is 1. The number of anilines is 1. The van der Waals surface area contributed by atoms with Crippen molar-refractivity contribution < 1.29 is 9.18 Å². The van der Waals surface area contributed by atoms with Crippen LogP contribution in [0.15, 0.2) is 29.2 Å². The van der Waals surface area contributed by atoms with Gasteiger partial charge in [-0.1, -0.05) is 6.92 Å². The van der Waals surface area contributed by atoms with Gasteiger partial charge in [0.05, 0.1) is 11.2 Å². The second-order valence-electron chi connectivity index (χ2n) is 7.59. The first-order valence-electron chi connectivity index (χ1n) is 10.2. The topological polar surface area (TPSA) is 125 Å². The average Bonchev–Trinajstić information content (AvgIpc) is 2.74. The minimum atomic E-state index is -0.687. The minimum Gasteiger partial charge on any atom is -0.378 e. The number of aromatic nitrogens is 4. The molecular weight excluding hydrogens is 401 g/mol. The number of fused-ring (bicyclic) bond motifs is 1. The van der Waals surface area contributed by atoms with Gasteiger partial charge in [0.2, 0.25) is 5.95 Å². The molecule has 1 amide bonds. The first-order chi connectivity index (χ1) is 15.0. The van der Waals surface area contributed by atoms with Crippen LogP contribution in [0, 0.1) is 5.95 Å². The Kier molecular flexibility index (Phi) is 5.90. The lowest BCUT2D eigenvalue weighted by atomic mass is 9.86. The first kappa shape index (κ1) is 20.9. The van der Waals surface area contributed by atoms with Gasteiger partial charge in [0.1, 0.15) is 11.4 Å². The van der Waals surface area contributed by atoms with Crippen molar-refractivity contribution in [2.45, 2.75) is 44.8 Å². The van der Waals surface area contributed by atoms with Gasteiger partial charge in [-0.05, 0) is 43.0 Å². The van der Waals surface area contributed by atoms with E-state index in [0.29, 0.717) is 29.8 Å². The van der Waals surface area contributed by atoms with Crippen LogP contribution in [0.3, 0.4) is 0 Å². The number of carbonyl (C=O) groups excluding carboxylic acids is 1. The number of aromatic amines is 1. The normalized spacial score (nSPS) is 17.9. The number of nitrogens with one attached hydrogen (secondary N) is 4. The molecule has 3 aromatic heterocycles. The highest BCUT2D eigenvalue weighted by molar-refractivity contribution is 5.92. The zero-order valence-electron chi connectivity index (χ0n) is 17.3. The van der Waals surface area contributed by atoms with Crippen LogP contribution in [0.5, 0.6) is 0 Å². The number of hydrogen-bond donors (Lipinski definition) is 4. The lowest BCUT2D eigenvalue weighted by Gasteiger charge is -2.37. The smallest absolute Gasteiger partial charge is 0.270 e. The van der Waals surface area contributed by atoms with Gasteiger partial charge in [0.15, 0.2) is 5.65 Å². The minimum absolute atomic E-state index is 0.0464. The van der Waals surface area contributed by atoms with Crippen molar-refractivity contribution in [3.8, 4) is 0 Å². The fourth-order valence-corrected chi connectivity index (χ4v) is 3.57. The number of H-pyrrole nitrogens is 1. The summed E-state index contributed by atoms with van der Waals surface area (Å²) in [7, 11) is 1.47. The molecule has 1 saturated carbocycles. The largest absolute Gasteiger partial charge is 0.378 e. The molecule has 1 fully saturated rings. The fraction of sp³-hybridized carbons (Fsp3) is 0.381. The molecule has 4 N–H and O–H groups in total. The van der Waals surface area contributed by atoms with Gasteiger partial charge in [-0.3, -0.25) is 9.59 Å². The third-order valence-electron chi connectivity index (χ3n) is 5.41. The molecule has 1 aliphatic rings. The van der Waals surface area contributed by atoms with Gasteiger partial charge in [-0.25, -0.2) is 15.0 Å². The van der Waals surface area contributed by atoms with E-state index >= 15 is 0 Å². The number of amides is 1. The van der Waals surface area contributed by atoms with Gasteiger partial charge in [-0.2, -0.15) is 4.39 Å². The molecular formula is C21H24FN7O2. The van der Waals surface area contributed by atoms with Crippen LogP contribution in [-0.4, -0.2) is 45.0 Å². The fourth-order valence-electron chi connectivity index (χ4n) is 3.57. The van der Waals surface area contributed by atoms with Gasteiger partial charge < -0.3 is 20.9 Å². The second-order valence-corrected chi connectivity index (χ2v) is 7.59. The predicted octanol–water partition coefficient (Wildman–Crippen LogP) is 1.51. The number of aryl methyl sites for hydroxylation is 1. The molecule has 31 heavy (non-hydrogen) atoms. The SMILES string of the molecule is CCc1nc2ncc(CNC3CC(Nc4ccc(C(=O)NC)nc4F)C3)cc2[nH]c1=O. The summed E-state index contributed by atoms with van der Waals surface area (Å²) in [5.41, 5.74) is 2.74. The molecule has 3 aromatic rings. The van der Waals surface area contributed by atoms with Crippen molar-refractivity contribution in [3.63, 3.8) is 0 Å². The average molecular weight is 425 g/mol. The first-order valence-corrected chi connectivity index (χ1v) is 10.2. The van der Waals surface area contributed by atoms with Gasteiger partial charge >= 0.3 is 0 Å². The lowest BCUT2D eigenvalue weighted by molar-refractivity contribution is 0.0957. The molecule has 3 heterocycles. The molecule has 9 nitrogen and oxygen atoms in total. The maximum Gasteiger partial charge on any atom is 0.270 e. The summed E-state index contributed by atoms with van der Waals surface area (Å²) in [4.78, 5) is 38.7. The maximum atomic E-state index is 14.1. The molecule has 4 rings (SSSR count). The van der Waals surface area contributed by atoms with E-state index in [2.05, 4.69) is 35.9 Å². The van der Waals surface area contributed by atoms with E-state index in [1.807, 2.05) is 13.0 Å². The molecule has 0 spiro atoms. The zero-order valence-corrected chi connectivity index (χ0v) is 17.3. The van der Waals surface area contributed by atoms with E-state index in [9.17, 15) is 14.0 Å². The highest BCUT2D eigenvalue weighted by Crippen LogP contribution is 2.25. The molecule has 10 heteroatoms. The van der Waals surface area contributed by atoms with E-state index in [4.69, 9.17) is 0 Å². The zero-order chi connectivity index (χ0) is 22.0. The van der Waals surface area contributed by atoms with Crippen molar-refractivity contribution >= 4 is 22.8 Å². The molecule has 0 aromatic carbocycles. The summed E-state index contributed by atoms with van der Waals surface area (Å²) in [5, 5.41) is 8.99. The Balaban J connectivity index is 1.29. The third kappa shape index (κ3) is 4.53. The van der Waals surface area contributed by atoms with Crippen molar-refractivity contribution in [1.29, 1.82) is 0 Å². The molecule has 0 aliphatic heterocycles. The number of rotatable bonds is 7. The number of pyridine rings is 2. The van der Waals surface area contributed by atoms with E-state index in [1.165, 1.54) is 19.2 Å². The van der Waals surface area contributed by atoms with Gasteiger partial charge in [0.25, 0.3) is 11.5 Å². The maximum absolute atomic E-state index is 14.1. The summed E-state index contributed by atoms with van der Waals surface area (Å²) >= 11 is 0. The summed E-state index contributed by atoms with van der Waals surface area (Å²) in [6.07, 6.45) is 3.97. The van der Waals surface area contributed by atoms with Crippen LogP contribution >= 0.6 is 0 Å².